The number of aliphatic hydroxyl groups excluding tert-OH is 1. The van der Waals surface area contributed by atoms with Crippen molar-refractivity contribution in [1.29, 1.82) is 0 Å². The van der Waals surface area contributed by atoms with Gasteiger partial charge in [-0.1, -0.05) is 25.8 Å². The average molecular weight is 261 g/mol. The normalized spacial score (nSPS) is 19.2. The summed E-state index contributed by atoms with van der Waals surface area (Å²) in [6.07, 6.45) is 2.46. The third-order valence-corrected chi connectivity index (χ3v) is 4.27. The summed E-state index contributed by atoms with van der Waals surface area (Å²) < 4.78 is 0. The summed E-state index contributed by atoms with van der Waals surface area (Å²) in [5.41, 5.74) is 5.13. The number of aliphatic hydroxyl groups is 1. The lowest BCUT2D eigenvalue weighted by Crippen LogP contribution is -2.08. The molecule has 1 aromatic carbocycles. The Hall–Kier alpha value is -1.35. The number of amides is 1. The highest BCUT2D eigenvalue weighted by Gasteiger charge is 2.30. The summed E-state index contributed by atoms with van der Waals surface area (Å²) >= 11 is 0. The Labute approximate surface area is 115 Å². The quantitative estimate of drug-likeness (QED) is 0.870. The van der Waals surface area contributed by atoms with Crippen molar-refractivity contribution < 1.29 is 9.90 Å². The monoisotopic (exact) mass is 261 g/mol. The van der Waals surface area contributed by atoms with E-state index in [2.05, 4.69) is 12.2 Å². The Morgan fingerprint density at radius 1 is 1.37 bits per heavy atom. The standard InChI is InChI=1S/C16H23NO2/c1-5-6-7-14(18)12-8-13-11(4)16(19)17-15(13)10(3)9(12)2/h8,11,14,18H,5-7H2,1-4H3,(H,17,19). The Bertz CT molecular complexity index is 508. The van der Waals surface area contributed by atoms with Gasteiger partial charge in [0.15, 0.2) is 0 Å². The van der Waals surface area contributed by atoms with Gasteiger partial charge in [-0.05, 0) is 49.4 Å². The molecule has 3 nitrogen and oxygen atoms in total. The van der Waals surface area contributed by atoms with Crippen LogP contribution in [0.25, 0.3) is 0 Å². The van der Waals surface area contributed by atoms with Crippen LogP contribution in [0, 0.1) is 13.8 Å². The van der Waals surface area contributed by atoms with E-state index in [4.69, 9.17) is 0 Å². The minimum atomic E-state index is -0.424. The molecule has 19 heavy (non-hydrogen) atoms. The molecule has 0 bridgehead atoms. The zero-order chi connectivity index (χ0) is 14.2. The molecule has 0 aromatic heterocycles. The van der Waals surface area contributed by atoms with E-state index < -0.39 is 6.10 Å². The average Bonchev–Trinajstić information content (AvgIpc) is 2.67. The fourth-order valence-electron chi connectivity index (χ4n) is 2.75. The molecule has 0 fully saturated rings. The van der Waals surface area contributed by atoms with Crippen LogP contribution in [0.1, 0.15) is 67.4 Å². The van der Waals surface area contributed by atoms with Crippen LogP contribution < -0.4 is 5.32 Å². The predicted molar refractivity (Wildman–Crippen MR) is 77.4 cm³/mol. The molecular weight excluding hydrogens is 238 g/mol. The molecule has 0 saturated heterocycles. The second kappa shape index (κ2) is 5.33. The molecule has 104 valence electrons. The first kappa shape index (κ1) is 14.1. The smallest absolute Gasteiger partial charge is 0.231 e. The van der Waals surface area contributed by atoms with Crippen molar-refractivity contribution >= 4 is 11.6 Å². The van der Waals surface area contributed by atoms with Crippen LogP contribution in [0.5, 0.6) is 0 Å². The fraction of sp³-hybridized carbons (Fsp3) is 0.562. The first-order valence-electron chi connectivity index (χ1n) is 7.10. The van der Waals surface area contributed by atoms with E-state index in [1.54, 1.807) is 0 Å². The molecule has 1 heterocycles. The van der Waals surface area contributed by atoms with Crippen LogP contribution in [-0.2, 0) is 4.79 Å². The van der Waals surface area contributed by atoms with Gasteiger partial charge in [-0.15, -0.1) is 0 Å². The molecule has 2 unspecified atom stereocenters. The van der Waals surface area contributed by atoms with Gasteiger partial charge in [-0.2, -0.15) is 0 Å². The minimum Gasteiger partial charge on any atom is -0.388 e. The van der Waals surface area contributed by atoms with Crippen molar-refractivity contribution in [2.75, 3.05) is 5.32 Å². The Balaban J connectivity index is 2.42. The van der Waals surface area contributed by atoms with Crippen LogP contribution in [0.15, 0.2) is 6.07 Å². The van der Waals surface area contributed by atoms with Crippen molar-refractivity contribution in [3.63, 3.8) is 0 Å². The number of anilines is 1. The Morgan fingerprint density at radius 3 is 2.68 bits per heavy atom. The van der Waals surface area contributed by atoms with Crippen molar-refractivity contribution in [2.45, 2.75) is 59.0 Å². The van der Waals surface area contributed by atoms with Gasteiger partial charge in [0.2, 0.25) is 5.91 Å². The summed E-state index contributed by atoms with van der Waals surface area (Å²) in [5, 5.41) is 13.3. The fourth-order valence-corrected chi connectivity index (χ4v) is 2.75. The molecule has 1 aliphatic rings. The minimum absolute atomic E-state index is 0.0534. The number of nitrogens with one attached hydrogen (secondary N) is 1. The van der Waals surface area contributed by atoms with Crippen LogP contribution in [-0.4, -0.2) is 11.0 Å². The Morgan fingerprint density at radius 2 is 2.05 bits per heavy atom. The van der Waals surface area contributed by atoms with Gasteiger partial charge in [0.05, 0.1) is 12.0 Å². The zero-order valence-corrected chi connectivity index (χ0v) is 12.2. The maximum atomic E-state index is 11.8. The maximum absolute atomic E-state index is 11.8. The number of unbranched alkanes of at least 4 members (excludes halogenated alkanes) is 1. The van der Waals surface area contributed by atoms with E-state index in [0.717, 1.165) is 47.2 Å². The van der Waals surface area contributed by atoms with Gasteiger partial charge in [0, 0.05) is 5.69 Å². The van der Waals surface area contributed by atoms with Gasteiger partial charge in [0.1, 0.15) is 0 Å². The molecule has 1 amide bonds. The van der Waals surface area contributed by atoms with Crippen LogP contribution in [0.3, 0.4) is 0 Å². The number of hydrogen-bond donors (Lipinski definition) is 2. The van der Waals surface area contributed by atoms with Gasteiger partial charge in [-0.25, -0.2) is 0 Å². The number of carbonyl (C=O) groups excluding carboxylic acids is 1. The predicted octanol–water partition coefficient (Wildman–Crippen LogP) is 3.58. The van der Waals surface area contributed by atoms with Gasteiger partial charge in [0.25, 0.3) is 0 Å². The number of benzene rings is 1. The maximum Gasteiger partial charge on any atom is 0.231 e. The van der Waals surface area contributed by atoms with E-state index in [1.807, 2.05) is 26.8 Å². The molecule has 2 atom stereocenters. The first-order chi connectivity index (χ1) is 8.97. The van der Waals surface area contributed by atoms with E-state index in [9.17, 15) is 9.90 Å². The SMILES string of the molecule is CCCCC(O)c1cc2c(c(C)c1C)NC(=O)C2C. The molecule has 1 aromatic rings. The highest BCUT2D eigenvalue weighted by Crippen LogP contribution is 2.39. The number of hydrogen-bond acceptors (Lipinski definition) is 2. The second-order valence-electron chi connectivity index (χ2n) is 5.55. The molecule has 2 rings (SSSR count). The lowest BCUT2D eigenvalue weighted by molar-refractivity contribution is -0.116. The van der Waals surface area contributed by atoms with Gasteiger partial charge >= 0.3 is 0 Å². The summed E-state index contributed by atoms with van der Waals surface area (Å²) in [7, 11) is 0. The first-order valence-corrected chi connectivity index (χ1v) is 7.10. The van der Waals surface area contributed by atoms with Crippen LogP contribution in [0.2, 0.25) is 0 Å². The molecule has 3 heteroatoms. The molecule has 0 radical (unpaired) electrons. The molecular formula is C16H23NO2. The molecule has 0 saturated carbocycles. The van der Waals surface area contributed by atoms with E-state index >= 15 is 0 Å². The lowest BCUT2D eigenvalue weighted by Gasteiger charge is -2.18. The van der Waals surface area contributed by atoms with Gasteiger partial charge in [-0.3, -0.25) is 4.79 Å². The summed E-state index contributed by atoms with van der Waals surface area (Å²) in [5.74, 6) is -0.0656. The highest BCUT2D eigenvalue weighted by molar-refractivity contribution is 6.03. The topological polar surface area (TPSA) is 49.3 Å². The third kappa shape index (κ3) is 2.39. The van der Waals surface area contributed by atoms with Crippen molar-refractivity contribution in [3.05, 3.63) is 28.3 Å². The van der Waals surface area contributed by atoms with Gasteiger partial charge < -0.3 is 10.4 Å². The molecule has 0 spiro atoms. The molecule has 0 aliphatic carbocycles. The number of carbonyl (C=O) groups is 1. The third-order valence-electron chi connectivity index (χ3n) is 4.27. The van der Waals surface area contributed by atoms with Crippen molar-refractivity contribution in [1.82, 2.24) is 0 Å². The van der Waals surface area contributed by atoms with Crippen LogP contribution >= 0.6 is 0 Å². The second-order valence-corrected chi connectivity index (χ2v) is 5.55. The largest absolute Gasteiger partial charge is 0.388 e. The van der Waals surface area contributed by atoms with E-state index in [1.165, 1.54) is 0 Å². The molecule has 1 aliphatic heterocycles. The van der Waals surface area contributed by atoms with Crippen molar-refractivity contribution in [2.24, 2.45) is 0 Å². The van der Waals surface area contributed by atoms with E-state index in [0.29, 0.717) is 0 Å². The summed E-state index contributed by atoms with van der Waals surface area (Å²) in [4.78, 5) is 11.8. The summed E-state index contributed by atoms with van der Waals surface area (Å²) in [6, 6.07) is 2.01. The number of rotatable bonds is 4. The van der Waals surface area contributed by atoms with Crippen molar-refractivity contribution in [3.8, 4) is 0 Å². The highest BCUT2D eigenvalue weighted by atomic mass is 16.3. The Kier molecular flexibility index (Phi) is 3.95. The zero-order valence-electron chi connectivity index (χ0n) is 12.2. The van der Waals surface area contributed by atoms with Crippen LogP contribution in [0.4, 0.5) is 5.69 Å². The van der Waals surface area contributed by atoms with E-state index in [-0.39, 0.29) is 11.8 Å². The number of fused-ring (bicyclic) bond motifs is 1. The lowest BCUT2D eigenvalue weighted by atomic mass is 9.90. The summed E-state index contributed by atoms with van der Waals surface area (Å²) in [6.45, 7) is 8.08. The molecule has 2 N–H and O–H groups in total.